The molecule has 152 valence electrons. The van der Waals surface area contributed by atoms with E-state index in [2.05, 4.69) is 14.9 Å². The van der Waals surface area contributed by atoms with Crippen LogP contribution >= 0.6 is 0 Å². The predicted molar refractivity (Wildman–Crippen MR) is 100 cm³/mol. The molecule has 0 fully saturated rings. The van der Waals surface area contributed by atoms with E-state index in [9.17, 15) is 17.6 Å². The molecule has 0 saturated carbocycles. The van der Waals surface area contributed by atoms with Crippen molar-refractivity contribution in [3.8, 4) is 11.4 Å². The summed E-state index contributed by atoms with van der Waals surface area (Å²) in [6, 6.07) is 11.9. The van der Waals surface area contributed by atoms with Gasteiger partial charge in [0, 0.05) is 12.1 Å². The highest BCUT2D eigenvalue weighted by Gasteiger charge is 2.15. The molecule has 0 atom stereocenters. The van der Waals surface area contributed by atoms with Crippen molar-refractivity contribution in [3.05, 3.63) is 65.8 Å². The largest absolute Gasteiger partial charge is 0.456 e. The number of halogens is 1. The zero-order chi connectivity index (χ0) is 20.9. The quantitative estimate of drug-likeness (QED) is 0.559. The summed E-state index contributed by atoms with van der Waals surface area (Å²) in [6.07, 6.45) is -0.163. The average Bonchev–Trinajstić information content (AvgIpc) is 3.16. The molecule has 29 heavy (non-hydrogen) atoms. The van der Waals surface area contributed by atoms with Gasteiger partial charge in [0.05, 0.1) is 11.3 Å². The number of benzene rings is 2. The first-order chi connectivity index (χ1) is 13.8. The van der Waals surface area contributed by atoms with Crippen LogP contribution in [0.4, 0.5) is 4.39 Å². The van der Waals surface area contributed by atoms with Crippen LogP contribution in [0.2, 0.25) is 0 Å². The normalized spacial score (nSPS) is 11.4. The number of esters is 1. The molecule has 0 unspecified atom stereocenters. The summed E-state index contributed by atoms with van der Waals surface area (Å²) in [7, 11) is -3.70. The first-order valence-corrected chi connectivity index (χ1v) is 10.1. The van der Waals surface area contributed by atoms with Crippen molar-refractivity contribution in [2.45, 2.75) is 24.8 Å². The summed E-state index contributed by atoms with van der Waals surface area (Å²) in [5.74, 6) is -0.706. The lowest BCUT2D eigenvalue weighted by molar-refractivity contribution is -0.145. The van der Waals surface area contributed by atoms with Gasteiger partial charge in [-0.1, -0.05) is 22.9 Å². The Hall–Kier alpha value is -3.11. The number of aryl methyl sites for hydroxylation is 1. The van der Waals surface area contributed by atoms with Gasteiger partial charge < -0.3 is 9.26 Å². The first-order valence-electron chi connectivity index (χ1n) is 8.64. The van der Waals surface area contributed by atoms with Crippen molar-refractivity contribution in [3.63, 3.8) is 0 Å². The van der Waals surface area contributed by atoms with Gasteiger partial charge in [-0.05, 0) is 43.3 Å². The minimum absolute atomic E-state index is 0.0675. The Morgan fingerprint density at radius 2 is 1.83 bits per heavy atom. The van der Waals surface area contributed by atoms with E-state index in [0.717, 1.165) is 5.56 Å². The van der Waals surface area contributed by atoms with Crippen LogP contribution in [-0.2, 0) is 26.2 Å². The molecule has 0 aliphatic rings. The molecule has 0 saturated heterocycles. The van der Waals surface area contributed by atoms with Crippen molar-refractivity contribution >= 4 is 16.0 Å². The van der Waals surface area contributed by atoms with Crippen molar-refractivity contribution in [2.75, 3.05) is 6.54 Å². The molecule has 0 spiro atoms. The first kappa shape index (κ1) is 20.6. The van der Waals surface area contributed by atoms with E-state index in [1.165, 1.54) is 36.4 Å². The molecule has 1 aromatic heterocycles. The van der Waals surface area contributed by atoms with Crippen LogP contribution in [0.5, 0.6) is 0 Å². The van der Waals surface area contributed by atoms with Gasteiger partial charge >= 0.3 is 5.97 Å². The molecule has 1 heterocycles. The van der Waals surface area contributed by atoms with Crippen molar-refractivity contribution in [1.29, 1.82) is 0 Å². The number of hydrogen-bond donors (Lipinski definition) is 1. The number of carbonyl (C=O) groups excluding carboxylic acids is 1. The molecule has 3 rings (SSSR count). The average molecular weight is 419 g/mol. The Morgan fingerprint density at radius 1 is 1.14 bits per heavy atom. The lowest BCUT2D eigenvalue weighted by atomic mass is 10.2. The van der Waals surface area contributed by atoms with E-state index in [0.29, 0.717) is 5.56 Å². The molecule has 0 aliphatic heterocycles. The maximum atomic E-state index is 12.9. The number of sulfonamides is 1. The second-order valence-electron chi connectivity index (χ2n) is 6.14. The van der Waals surface area contributed by atoms with Crippen molar-refractivity contribution in [2.24, 2.45) is 0 Å². The third-order valence-electron chi connectivity index (χ3n) is 3.88. The SMILES string of the molecule is Cc1ccc(S(=O)(=O)NCCC(=O)OCc2nc(-c3ccc(F)cc3)no2)cc1. The lowest BCUT2D eigenvalue weighted by Gasteiger charge is -2.07. The number of ether oxygens (including phenoxy) is 1. The van der Waals surface area contributed by atoms with Gasteiger partial charge in [0.25, 0.3) is 5.89 Å². The fourth-order valence-corrected chi connectivity index (χ4v) is 3.36. The topological polar surface area (TPSA) is 111 Å². The fourth-order valence-electron chi connectivity index (χ4n) is 2.33. The Bertz CT molecular complexity index is 1080. The highest BCUT2D eigenvalue weighted by molar-refractivity contribution is 7.89. The van der Waals surface area contributed by atoms with Crippen LogP contribution in [0.25, 0.3) is 11.4 Å². The maximum absolute atomic E-state index is 12.9. The van der Waals surface area contributed by atoms with E-state index in [1.807, 2.05) is 6.92 Å². The minimum Gasteiger partial charge on any atom is -0.456 e. The number of carbonyl (C=O) groups is 1. The molecule has 10 heteroatoms. The van der Waals surface area contributed by atoms with Crippen LogP contribution in [-0.4, -0.2) is 31.1 Å². The molecular weight excluding hydrogens is 401 g/mol. The van der Waals surface area contributed by atoms with Gasteiger partial charge in [-0.2, -0.15) is 4.98 Å². The Morgan fingerprint density at radius 3 is 2.52 bits per heavy atom. The van der Waals surface area contributed by atoms with E-state index >= 15 is 0 Å². The van der Waals surface area contributed by atoms with E-state index in [4.69, 9.17) is 9.26 Å². The molecule has 0 aliphatic carbocycles. The molecule has 0 amide bonds. The third kappa shape index (κ3) is 5.69. The zero-order valence-electron chi connectivity index (χ0n) is 15.5. The smallest absolute Gasteiger partial charge is 0.307 e. The van der Waals surface area contributed by atoms with Crippen molar-refractivity contribution in [1.82, 2.24) is 14.9 Å². The summed E-state index contributed by atoms with van der Waals surface area (Å²) in [5, 5.41) is 3.74. The van der Waals surface area contributed by atoms with Gasteiger partial charge in [-0.25, -0.2) is 17.5 Å². The number of nitrogens with one attached hydrogen (secondary N) is 1. The summed E-state index contributed by atoms with van der Waals surface area (Å²) in [4.78, 5) is 16.0. The standard InChI is InChI=1S/C19H18FN3O5S/c1-13-2-8-16(9-3-13)29(25,26)21-11-10-18(24)27-12-17-22-19(23-28-17)14-4-6-15(20)7-5-14/h2-9,21H,10-12H2,1H3. The Kier molecular flexibility index (Phi) is 6.35. The molecule has 0 bridgehead atoms. The number of nitrogens with zero attached hydrogens (tertiary/aromatic N) is 2. The van der Waals surface area contributed by atoms with Crippen LogP contribution in [0, 0.1) is 12.7 Å². The Balaban J connectivity index is 1.45. The molecule has 0 radical (unpaired) electrons. The van der Waals surface area contributed by atoms with Crippen LogP contribution < -0.4 is 4.72 Å². The highest BCUT2D eigenvalue weighted by atomic mass is 32.2. The second-order valence-corrected chi connectivity index (χ2v) is 7.91. The monoisotopic (exact) mass is 419 g/mol. The molecule has 3 aromatic rings. The summed E-state index contributed by atoms with van der Waals surface area (Å²) in [5.41, 5.74) is 1.49. The Labute approximate surface area is 166 Å². The van der Waals surface area contributed by atoms with Crippen LogP contribution in [0.3, 0.4) is 0 Å². The van der Waals surface area contributed by atoms with Gasteiger partial charge in [-0.15, -0.1) is 0 Å². The van der Waals surface area contributed by atoms with E-state index in [1.54, 1.807) is 12.1 Å². The lowest BCUT2D eigenvalue weighted by Crippen LogP contribution is -2.26. The van der Waals surface area contributed by atoms with E-state index in [-0.39, 0.29) is 42.0 Å². The molecule has 1 N–H and O–H groups in total. The molecular formula is C19H18FN3O5S. The highest BCUT2D eigenvalue weighted by Crippen LogP contribution is 2.16. The van der Waals surface area contributed by atoms with Gasteiger partial charge in [0.1, 0.15) is 5.82 Å². The summed E-state index contributed by atoms with van der Waals surface area (Å²) >= 11 is 0. The number of hydrogen-bond acceptors (Lipinski definition) is 7. The molecule has 2 aromatic carbocycles. The summed E-state index contributed by atoms with van der Waals surface area (Å²) in [6.45, 7) is 1.49. The zero-order valence-corrected chi connectivity index (χ0v) is 16.3. The van der Waals surface area contributed by atoms with Gasteiger partial charge in [-0.3, -0.25) is 4.79 Å². The van der Waals surface area contributed by atoms with E-state index < -0.39 is 16.0 Å². The predicted octanol–water partition coefficient (Wildman–Crippen LogP) is 2.60. The van der Waals surface area contributed by atoms with Crippen LogP contribution in [0.15, 0.2) is 57.9 Å². The number of aromatic nitrogens is 2. The number of rotatable bonds is 8. The third-order valence-corrected chi connectivity index (χ3v) is 5.36. The maximum Gasteiger partial charge on any atom is 0.307 e. The van der Waals surface area contributed by atoms with Crippen LogP contribution in [0.1, 0.15) is 17.9 Å². The minimum atomic E-state index is -3.70. The summed E-state index contributed by atoms with van der Waals surface area (Å²) < 4.78 is 49.6. The van der Waals surface area contributed by atoms with Crippen molar-refractivity contribution < 1.29 is 26.9 Å². The van der Waals surface area contributed by atoms with Gasteiger partial charge in [0.2, 0.25) is 15.8 Å². The molecule has 8 nitrogen and oxygen atoms in total. The second kappa shape index (κ2) is 8.93. The van der Waals surface area contributed by atoms with Gasteiger partial charge in [0.15, 0.2) is 6.61 Å². The fraction of sp³-hybridized carbons (Fsp3) is 0.211.